The first-order valence-electron chi connectivity index (χ1n) is 28.6. The van der Waals surface area contributed by atoms with Gasteiger partial charge in [-0.05, 0) is 70.6 Å². The predicted octanol–water partition coefficient (Wildman–Crippen LogP) is 9.75. The molecule has 0 aromatic rings. The molecule has 0 amide bonds. The molecule has 14 heteroatoms. The van der Waals surface area contributed by atoms with Crippen molar-refractivity contribution in [2.75, 3.05) is 33.0 Å². The second kappa shape index (κ2) is 44.5. The van der Waals surface area contributed by atoms with E-state index >= 15 is 0 Å². The fourth-order valence-corrected chi connectivity index (χ4v) is 8.96. The predicted molar refractivity (Wildman–Crippen MR) is 280 cm³/mol. The van der Waals surface area contributed by atoms with Gasteiger partial charge in [0.1, 0.15) is 54.9 Å². The van der Waals surface area contributed by atoms with Gasteiger partial charge in [-0.2, -0.15) is 0 Å². The Morgan fingerprint density at radius 3 is 1.37 bits per heavy atom. The maximum Gasteiger partial charge on any atom is 0.306 e. The number of hydrogen-bond acceptors (Lipinski definition) is 14. The number of carbonyl (C=O) groups is 1. The van der Waals surface area contributed by atoms with Crippen LogP contribution in [0.2, 0.25) is 0 Å². The van der Waals surface area contributed by atoms with E-state index in [0.29, 0.717) is 13.0 Å². The zero-order valence-corrected chi connectivity index (χ0v) is 44.5. The van der Waals surface area contributed by atoms with Gasteiger partial charge in [0.25, 0.3) is 0 Å². The fourth-order valence-electron chi connectivity index (χ4n) is 8.96. The minimum Gasteiger partial charge on any atom is -0.457 e. The van der Waals surface area contributed by atoms with Gasteiger partial charge in [0.2, 0.25) is 0 Å². The molecule has 0 aliphatic carbocycles. The van der Waals surface area contributed by atoms with E-state index in [1.54, 1.807) is 0 Å². The molecule has 11 atom stereocenters. The van der Waals surface area contributed by atoms with E-state index in [4.69, 9.17) is 28.4 Å². The van der Waals surface area contributed by atoms with Crippen LogP contribution >= 0.6 is 0 Å². The molecule has 2 aliphatic heterocycles. The average Bonchev–Trinajstić information content (AvgIpc) is 3.37. The van der Waals surface area contributed by atoms with Gasteiger partial charge in [0, 0.05) is 13.0 Å². The van der Waals surface area contributed by atoms with Crippen LogP contribution in [-0.2, 0) is 33.2 Å². The van der Waals surface area contributed by atoms with Crippen molar-refractivity contribution in [3.63, 3.8) is 0 Å². The van der Waals surface area contributed by atoms with Gasteiger partial charge in [-0.3, -0.25) is 4.79 Å². The summed E-state index contributed by atoms with van der Waals surface area (Å²) in [6.45, 7) is 3.68. The van der Waals surface area contributed by atoms with Gasteiger partial charge < -0.3 is 64.2 Å². The molecular weight excluding hydrogens is 909 g/mol. The van der Waals surface area contributed by atoms with Crippen LogP contribution in [-0.4, -0.2) is 142 Å². The van der Waals surface area contributed by atoms with Crippen LogP contribution in [0.5, 0.6) is 0 Å². The first-order chi connectivity index (χ1) is 34.6. The summed E-state index contributed by atoms with van der Waals surface area (Å²) in [6, 6.07) is 0. The minimum atomic E-state index is -1.71. The average molecular weight is 1010 g/mol. The lowest BCUT2D eigenvalue weighted by atomic mass is 9.98. The van der Waals surface area contributed by atoms with E-state index in [9.17, 15) is 40.5 Å². The Morgan fingerprint density at radius 2 is 0.873 bits per heavy atom. The summed E-state index contributed by atoms with van der Waals surface area (Å²) in [7, 11) is 0. The van der Waals surface area contributed by atoms with E-state index < -0.39 is 80.7 Å². The second-order valence-electron chi connectivity index (χ2n) is 20.1. The lowest BCUT2D eigenvalue weighted by Crippen LogP contribution is -2.61. The number of esters is 1. The molecule has 0 spiro atoms. The standard InChI is InChI=1S/C57H104O14/c1-3-5-7-9-11-13-15-17-19-21-22-23-24-25-26-28-30-32-34-36-38-40-49(59)69-46(43-66-41-39-37-35-33-31-29-27-20-18-16-14-12-10-8-6-4-2)44-67-56-55(65)53(63)51(61)48(71-56)45-68-57-54(64)52(62)50(60)47(42-58)70-57/h15,17-18,20-22,46-48,50-58,60-65H,3-14,16,19,23-45H2,1-2H3/b17-15-,20-18-,22-21-. The highest BCUT2D eigenvalue weighted by molar-refractivity contribution is 5.69. The lowest BCUT2D eigenvalue weighted by Gasteiger charge is -2.42. The zero-order valence-electron chi connectivity index (χ0n) is 44.5. The Hall–Kier alpha value is -1.79. The van der Waals surface area contributed by atoms with Crippen molar-refractivity contribution in [3.05, 3.63) is 36.5 Å². The molecule has 2 aliphatic rings. The van der Waals surface area contributed by atoms with Crippen molar-refractivity contribution < 1.29 is 69.0 Å². The number of allylic oxidation sites excluding steroid dienone is 6. The third-order valence-corrected chi connectivity index (χ3v) is 13.6. The van der Waals surface area contributed by atoms with Crippen molar-refractivity contribution in [1.82, 2.24) is 0 Å². The number of hydrogen-bond donors (Lipinski definition) is 7. The van der Waals surface area contributed by atoms with Gasteiger partial charge in [0.15, 0.2) is 12.6 Å². The monoisotopic (exact) mass is 1010 g/mol. The molecule has 14 nitrogen and oxygen atoms in total. The molecular formula is C57H104O14. The van der Waals surface area contributed by atoms with E-state index in [1.165, 1.54) is 135 Å². The van der Waals surface area contributed by atoms with Gasteiger partial charge in [-0.15, -0.1) is 0 Å². The van der Waals surface area contributed by atoms with Gasteiger partial charge in [0.05, 0.1) is 26.4 Å². The third kappa shape index (κ3) is 31.6. The lowest BCUT2D eigenvalue weighted by molar-refractivity contribution is -0.332. The molecule has 2 rings (SSSR count). The number of unbranched alkanes of at least 4 members (excludes halogenated alkanes) is 26. The second-order valence-corrected chi connectivity index (χ2v) is 20.1. The maximum atomic E-state index is 13.1. The van der Waals surface area contributed by atoms with Gasteiger partial charge in [-0.25, -0.2) is 0 Å². The molecule has 416 valence electrons. The van der Waals surface area contributed by atoms with Crippen molar-refractivity contribution in [2.24, 2.45) is 0 Å². The van der Waals surface area contributed by atoms with E-state index in [2.05, 4.69) is 50.3 Å². The highest BCUT2D eigenvalue weighted by Gasteiger charge is 2.47. The molecule has 7 N–H and O–H groups in total. The summed E-state index contributed by atoms with van der Waals surface area (Å²) in [5.41, 5.74) is 0. The van der Waals surface area contributed by atoms with Gasteiger partial charge in [-0.1, -0.05) is 179 Å². The molecule has 2 heterocycles. The molecule has 0 saturated carbocycles. The number of aliphatic hydroxyl groups excluding tert-OH is 7. The molecule has 11 unspecified atom stereocenters. The number of carbonyl (C=O) groups excluding carboxylic acids is 1. The van der Waals surface area contributed by atoms with Crippen molar-refractivity contribution in [2.45, 2.75) is 287 Å². The molecule has 0 radical (unpaired) electrons. The molecule has 2 fully saturated rings. The SMILES string of the molecule is CCCCCCC/C=C\C/C=C\CCCCCCCCCCCC(=O)OC(COCCCCCCCC/C=C\CCCCCCCC)COC1OC(COC2OC(CO)C(O)C(O)C2O)C(O)C(O)C1O. The van der Waals surface area contributed by atoms with Gasteiger partial charge >= 0.3 is 5.97 Å². The topological polar surface area (TPSA) is 214 Å². The first-order valence-corrected chi connectivity index (χ1v) is 28.6. The maximum absolute atomic E-state index is 13.1. The Morgan fingerprint density at radius 1 is 0.465 bits per heavy atom. The smallest absolute Gasteiger partial charge is 0.306 e. The summed E-state index contributed by atoms with van der Waals surface area (Å²) in [6.07, 6.45) is 34.8. The number of ether oxygens (including phenoxy) is 6. The highest BCUT2D eigenvalue weighted by Crippen LogP contribution is 2.26. The van der Waals surface area contributed by atoms with Crippen LogP contribution in [0.3, 0.4) is 0 Å². The molecule has 2 saturated heterocycles. The van der Waals surface area contributed by atoms with Crippen LogP contribution in [0, 0.1) is 0 Å². The molecule has 0 bridgehead atoms. The summed E-state index contributed by atoms with van der Waals surface area (Å²) < 4.78 is 34.4. The van der Waals surface area contributed by atoms with Crippen LogP contribution in [0.1, 0.15) is 219 Å². The summed E-state index contributed by atoms with van der Waals surface area (Å²) in [5.74, 6) is -0.381. The minimum absolute atomic E-state index is 0.0569. The van der Waals surface area contributed by atoms with E-state index in [1.807, 2.05) is 0 Å². The van der Waals surface area contributed by atoms with Crippen LogP contribution in [0.4, 0.5) is 0 Å². The highest BCUT2D eigenvalue weighted by atomic mass is 16.7. The van der Waals surface area contributed by atoms with Crippen molar-refractivity contribution >= 4 is 5.97 Å². The summed E-state index contributed by atoms with van der Waals surface area (Å²) >= 11 is 0. The third-order valence-electron chi connectivity index (χ3n) is 13.6. The van der Waals surface area contributed by atoms with E-state index in [-0.39, 0.29) is 25.6 Å². The Bertz CT molecular complexity index is 1310. The largest absolute Gasteiger partial charge is 0.457 e. The first kappa shape index (κ1) is 65.3. The van der Waals surface area contributed by atoms with Crippen molar-refractivity contribution in [1.29, 1.82) is 0 Å². The van der Waals surface area contributed by atoms with E-state index in [0.717, 1.165) is 57.8 Å². The quantitative estimate of drug-likeness (QED) is 0.0172. The van der Waals surface area contributed by atoms with Crippen LogP contribution in [0.15, 0.2) is 36.5 Å². The molecule has 0 aromatic carbocycles. The summed E-state index contributed by atoms with van der Waals surface area (Å²) in [4.78, 5) is 13.1. The van der Waals surface area contributed by atoms with Crippen molar-refractivity contribution in [3.8, 4) is 0 Å². The fraction of sp³-hybridized carbons (Fsp3) is 0.877. The molecule has 0 aromatic heterocycles. The molecule has 71 heavy (non-hydrogen) atoms. The number of aliphatic hydroxyl groups is 7. The Kier molecular flexibility index (Phi) is 40.9. The Labute approximate surface area is 429 Å². The van der Waals surface area contributed by atoms with Crippen LogP contribution < -0.4 is 0 Å². The van der Waals surface area contributed by atoms with Crippen LogP contribution in [0.25, 0.3) is 0 Å². The zero-order chi connectivity index (χ0) is 51.6. The number of rotatable bonds is 46. The normalized spacial score (nSPS) is 25.5. The summed E-state index contributed by atoms with van der Waals surface area (Å²) in [5, 5.41) is 72.3. The Balaban J connectivity index is 1.73.